The highest BCUT2D eigenvalue weighted by Crippen LogP contribution is 2.19. The van der Waals surface area contributed by atoms with Gasteiger partial charge in [-0.15, -0.1) is 0 Å². The molecule has 0 N–H and O–H groups in total. The minimum Gasteiger partial charge on any atom is -0.381 e. The van der Waals surface area contributed by atoms with Crippen LogP contribution in [-0.2, 0) is 11.2 Å². The SMILES string of the molecule is CCOCC1CCN(C(=O)c2ccc(CCN(C)C)cc2)C1. The Morgan fingerprint density at radius 3 is 2.68 bits per heavy atom. The Balaban J connectivity index is 1.87. The molecule has 0 aromatic heterocycles. The van der Waals surface area contributed by atoms with E-state index in [1.807, 2.05) is 24.0 Å². The molecule has 122 valence electrons. The normalized spacial score (nSPS) is 18.2. The molecule has 1 heterocycles. The molecule has 1 atom stereocenters. The molecule has 1 saturated heterocycles. The van der Waals surface area contributed by atoms with Crippen LogP contribution in [0, 0.1) is 5.92 Å². The lowest BCUT2D eigenvalue weighted by atomic mass is 10.1. The van der Waals surface area contributed by atoms with E-state index < -0.39 is 0 Å². The molecule has 0 spiro atoms. The molecule has 1 amide bonds. The predicted octanol–water partition coefficient (Wildman–Crippen LogP) is 2.29. The average molecular weight is 304 g/mol. The van der Waals surface area contributed by atoms with Gasteiger partial charge in [-0.2, -0.15) is 0 Å². The van der Waals surface area contributed by atoms with Crippen LogP contribution in [0.25, 0.3) is 0 Å². The second-order valence-electron chi connectivity index (χ2n) is 6.32. The van der Waals surface area contributed by atoms with Crippen LogP contribution in [0.4, 0.5) is 0 Å². The number of hydrogen-bond donors (Lipinski definition) is 0. The van der Waals surface area contributed by atoms with E-state index in [1.54, 1.807) is 0 Å². The van der Waals surface area contributed by atoms with E-state index in [2.05, 4.69) is 31.1 Å². The number of amides is 1. The van der Waals surface area contributed by atoms with Crippen molar-refractivity contribution in [2.24, 2.45) is 5.92 Å². The summed E-state index contributed by atoms with van der Waals surface area (Å²) in [5, 5.41) is 0. The lowest BCUT2D eigenvalue weighted by Crippen LogP contribution is -2.29. The van der Waals surface area contributed by atoms with E-state index in [-0.39, 0.29) is 5.91 Å². The van der Waals surface area contributed by atoms with Crippen molar-refractivity contribution in [3.63, 3.8) is 0 Å². The quantitative estimate of drug-likeness (QED) is 0.775. The summed E-state index contributed by atoms with van der Waals surface area (Å²) < 4.78 is 5.47. The maximum atomic E-state index is 12.5. The van der Waals surface area contributed by atoms with Crippen molar-refractivity contribution in [1.29, 1.82) is 0 Å². The van der Waals surface area contributed by atoms with E-state index in [4.69, 9.17) is 4.74 Å². The van der Waals surface area contributed by atoms with Gasteiger partial charge < -0.3 is 14.5 Å². The number of likely N-dealkylation sites (tertiary alicyclic amines) is 1. The summed E-state index contributed by atoms with van der Waals surface area (Å²) in [6, 6.07) is 8.07. The number of carbonyl (C=O) groups excluding carboxylic acids is 1. The molecule has 0 aliphatic carbocycles. The summed E-state index contributed by atoms with van der Waals surface area (Å²) in [6.07, 6.45) is 2.06. The van der Waals surface area contributed by atoms with Crippen LogP contribution in [-0.4, -0.2) is 62.7 Å². The number of likely N-dealkylation sites (N-methyl/N-ethyl adjacent to an activating group) is 1. The standard InChI is InChI=1S/C18H28N2O2/c1-4-22-14-16-10-12-20(13-16)18(21)17-7-5-15(6-8-17)9-11-19(2)3/h5-8,16H,4,9-14H2,1-3H3. The first-order valence-corrected chi connectivity index (χ1v) is 8.20. The largest absolute Gasteiger partial charge is 0.381 e. The molecule has 1 aromatic carbocycles. The van der Waals surface area contributed by atoms with Gasteiger partial charge in [0.05, 0.1) is 6.61 Å². The lowest BCUT2D eigenvalue weighted by Gasteiger charge is -2.17. The van der Waals surface area contributed by atoms with Gasteiger partial charge in [0.25, 0.3) is 5.91 Å². The van der Waals surface area contributed by atoms with E-state index in [9.17, 15) is 4.79 Å². The van der Waals surface area contributed by atoms with Crippen LogP contribution >= 0.6 is 0 Å². The highest BCUT2D eigenvalue weighted by molar-refractivity contribution is 5.94. The second kappa shape index (κ2) is 8.30. The Morgan fingerprint density at radius 2 is 2.05 bits per heavy atom. The van der Waals surface area contributed by atoms with Crippen LogP contribution in [0.3, 0.4) is 0 Å². The van der Waals surface area contributed by atoms with Gasteiger partial charge >= 0.3 is 0 Å². The van der Waals surface area contributed by atoms with Gasteiger partial charge in [-0.1, -0.05) is 12.1 Å². The third-order valence-corrected chi connectivity index (χ3v) is 4.18. The van der Waals surface area contributed by atoms with E-state index in [1.165, 1.54) is 5.56 Å². The molecule has 4 heteroatoms. The third-order valence-electron chi connectivity index (χ3n) is 4.18. The van der Waals surface area contributed by atoms with E-state index in [0.29, 0.717) is 5.92 Å². The zero-order valence-electron chi connectivity index (χ0n) is 14.0. The van der Waals surface area contributed by atoms with Crippen molar-refractivity contribution in [3.8, 4) is 0 Å². The van der Waals surface area contributed by atoms with Crippen LogP contribution in [0.1, 0.15) is 29.3 Å². The first-order valence-electron chi connectivity index (χ1n) is 8.20. The molecule has 0 saturated carbocycles. The van der Waals surface area contributed by atoms with Crippen molar-refractivity contribution in [1.82, 2.24) is 9.80 Å². The van der Waals surface area contributed by atoms with Crippen LogP contribution in [0.2, 0.25) is 0 Å². The summed E-state index contributed by atoms with van der Waals surface area (Å²) in [7, 11) is 4.15. The summed E-state index contributed by atoms with van der Waals surface area (Å²) in [4.78, 5) is 16.6. The van der Waals surface area contributed by atoms with Crippen molar-refractivity contribution < 1.29 is 9.53 Å². The van der Waals surface area contributed by atoms with Gasteiger partial charge in [-0.3, -0.25) is 4.79 Å². The van der Waals surface area contributed by atoms with Gasteiger partial charge in [-0.25, -0.2) is 0 Å². The fourth-order valence-electron chi connectivity index (χ4n) is 2.79. The molecule has 1 aliphatic rings. The molecule has 0 bridgehead atoms. The van der Waals surface area contributed by atoms with Crippen molar-refractivity contribution in [3.05, 3.63) is 35.4 Å². The summed E-state index contributed by atoms with van der Waals surface area (Å²) in [5.41, 5.74) is 2.08. The van der Waals surface area contributed by atoms with Crippen LogP contribution < -0.4 is 0 Å². The van der Waals surface area contributed by atoms with Gasteiger partial charge in [-0.05, 0) is 51.6 Å². The van der Waals surface area contributed by atoms with Gasteiger partial charge in [0.2, 0.25) is 0 Å². The maximum absolute atomic E-state index is 12.5. The first-order chi connectivity index (χ1) is 10.6. The van der Waals surface area contributed by atoms with Crippen LogP contribution in [0.15, 0.2) is 24.3 Å². The molecular weight excluding hydrogens is 276 g/mol. The highest BCUT2D eigenvalue weighted by Gasteiger charge is 2.26. The van der Waals surface area contributed by atoms with E-state index >= 15 is 0 Å². The number of hydrogen-bond acceptors (Lipinski definition) is 3. The molecular formula is C18H28N2O2. The monoisotopic (exact) mass is 304 g/mol. The zero-order chi connectivity index (χ0) is 15.9. The lowest BCUT2D eigenvalue weighted by molar-refractivity contribution is 0.0763. The molecule has 1 unspecified atom stereocenters. The van der Waals surface area contributed by atoms with Gasteiger partial charge in [0.15, 0.2) is 0 Å². The Hall–Kier alpha value is -1.39. The number of carbonyl (C=O) groups is 1. The van der Waals surface area contributed by atoms with Gasteiger partial charge in [0, 0.05) is 37.7 Å². The number of ether oxygens (including phenoxy) is 1. The van der Waals surface area contributed by atoms with E-state index in [0.717, 1.165) is 51.3 Å². The highest BCUT2D eigenvalue weighted by atomic mass is 16.5. The first kappa shape index (κ1) is 17.0. The summed E-state index contributed by atoms with van der Waals surface area (Å²) in [6.45, 7) is 6.22. The number of nitrogens with zero attached hydrogens (tertiary/aromatic N) is 2. The van der Waals surface area contributed by atoms with Gasteiger partial charge in [0.1, 0.15) is 0 Å². The minimum atomic E-state index is 0.151. The maximum Gasteiger partial charge on any atom is 0.253 e. The Morgan fingerprint density at radius 1 is 1.32 bits per heavy atom. The van der Waals surface area contributed by atoms with Crippen LogP contribution in [0.5, 0.6) is 0 Å². The fraction of sp³-hybridized carbons (Fsp3) is 0.611. The third kappa shape index (κ3) is 4.82. The second-order valence-corrected chi connectivity index (χ2v) is 6.32. The smallest absolute Gasteiger partial charge is 0.253 e. The molecule has 1 aromatic rings. The molecule has 2 rings (SSSR count). The summed E-state index contributed by atoms with van der Waals surface area (Å²) >= 11 is 0. The van der Waals surface area contributed by atoms with Crippen molar-refractivity contribution in [2.45, 2.75) is 19.8 Å². The molecule has 4 nitrogen and oxygen atoms in total. The summed E-state index contributed by atoms with van der Waals surface area (Å²) in [5.74, 6) is 0.640. The molecule has 1 fully saturated rings. The van der Waals surface area contributed by atoms with Crippen molar-refractivity contribution in [2.75, 3.05) is 46.9 Å². The Labute approximate surface area is 134 Å². The molecule has 22 heavy (non-hydrogen) atoms. The molecule has 1 aliphatic heterocycles. The Bertz CT molecular complexity index is 470. The predicted molar refractivity (Wildman–Crippen MR) is 89.2 cm³/mol. The topological polar surface area (TPSA) is 32.8 Å². The average Bonchev–Trinajstić information content (AvgIpc) is 2.99. The molecule has 0 radical (unpaired) electrons. The zero-order valence-corrected chi connectivity index (χ0v) is 14.0. The fourth-order valence-corrected chi connectivity index (χ4v) is 2.79. The number of benzene rings is 1. The van der Waals surface area contributed by atoms with Crippen molar-refractivity contribution >= 4 is 5.91 Å². The minimum absolute atomic E-state index is 0.151. The Kier molecular flexibility index (Phi) is 6.40. The number of rotatable bonds is 7.